The van der Waals surface area contributed by atoms with Crippen LogP contribution in [-0.4, -0.2) is 11.7 Å². The van der Waals surface area contributed by atoms with Gasteiger partial charge in [-0.3, -0.25) is 0 Å². The van der Waals surface area contributed by atoms with Crippen LogP contribution in [0.3, 0.4) is 0 Å². The average molecular weight is 187 g/mol. The van der Waals surface area contributed by atoms with E-state index in [-0.39, 0.29) is 6.61 Å². The molecule has 0 fully saturated rings. The summed E-state index contributed by atoms with van der Waals surface area (Å²) in [5, 5.41) is 12.0. The van der Waals surface area contributed by atoms with Crippen LogP contribution in [0, 0.1) is 11.8 Å². The van der Waals surface area contributed by atoms with Crippen LogP contribution in [0.15, 0.2) is 29.4 Å². The molecule has 14 heavy (non-hydrogen) atoms. The summed E-state index contributed by atoms with van der Waals surface area (Å²) in [6.07, 6.45) is 0.421. The lowest BCUT2D eigenvalue weighted by molar-refractivity contribution is 0.305. The van der Waals surface area contributed by atoms with Gasteiger partial charge in [0.25, 0.3) is 0 Å². The first-order chi connectivity index (χ1) is 6.88. The number of hydrogen-bond donors (Lipinski definition) is 1. The highest BCUT2D eigenvalue weighted by Gasteiger charge is 1.93. The average Bonchev–Trinajstić information content (AvgIpc) is 2.21. The fourth-order valence-corrected chi connectivity index (χ4v) is 0.928. The topological polar surface area (TPSA) is 69.0 Å². The van der Waals surface area contributed by atoms with E-state index in [0.29, 0.717) is 17.7 Å². The second-order valence-electron chi connectivity index (χ2n) is 2.48. The molecule has 0 unspecified atom stereocenters. The first-order valence-electron chi connectivity index (χ1n) is 4.12. The number of rotatable bonds is 2. The lowest BCUT2D eigenvalue weighted by atomic mass is 10.2. The molecule has 1 N–H and O–H groups in total. The van der Waals surface area contributed by atoms with E-state index < -0.39 is 0 Å². The van der Waals surface area contributed by atoms with Gasteiger partial charge in [0, 0.05) is 16.9 Å². The van der Waals surface area contributed by atoms with Crippen LogP contribution >= 0.6 is 0 Å². The molecule has 0 saturated carbocycles. The predicted molar refractivity (Wildman–Crippen MR) is 53.8 cm³/mol. The molecule has 0 saturated heterocycles. The summed E-state index contributed by atoms with van der Waals surface area (Å²) in [6, 6.07) is 7.07. The molecule has 4 heteroatoms. The van der Waals surface area contributed by atoms with E-state index >= 15 is 0 Å². The van der Waals surface area contributed by atoms with E-state index in [1.54, 1.807) is 18.2 Å². The number of aliphatic hydroxyl groups excluding tert-OH is 1. The third kappa shape index (κ3) is 2.83. The minimum Gasteiger partial charge on any atom is -0.395 e. The first kappa shape index (κ1) is 10.1. The summed E-state index contributed by atoms with van der Waals surface area (Å²) in [4.78, 5) is 2.70. The number of azide groups is 1. The first-order valence-corrected chi connectivity index (χ1v) is 4.12. The molecule has 70 valence electrons. The van der Waals surface area contributed by atoms with Crippen molar-refractivity contribution in [3.05, 3.63) is 40.3 Å². The van der Waals surface area contributed by atoms with Crippen LogP contribution in [0.1, 0.15) is 12.0 Å². The summed E-state index contributed by atoms with van der Waals surface area (Å²) in [7, 11) is 0. The number of aliphatic hydroxyl groups is 1. The lowest BCUT2D eigenvalue weighted by Gasteiger charge is -1.94. The molecule has 0 aromatic heterocycles. The predicted octanol–water partition coefficient (Wildman–Crippen LogP) is 2.36. The molecular weight excluding hydrogens is 178 g/mol. The smallest absolute Gasteiger partial charge is 0.0540 e. The zero-order valence-corrected chi connectivity index (χ0v) is 7.51. The normalized spacial score (nSPS) is 8.36. The highest BCUT2D eigenvalue weighted by atomic mass is 16.2. The van der Waals surface area contributed by atoms with E-state index in [1.807, 2.05) is 6.07 Å². The maximum absolute atomic E-state index is 8.53. The number of hydrogen-bond acceptors (Lipinski definition) is 2. The van der Waals surface area contributed by atoms with Gasteiger partial charge in [0.1, 0.15) is 0 Å². The van der Waals surface area contributed by atoms with Gasteiger partial charge in [0.2, 0.25) is 0 Å². The highest BCUT2D eigenvalue weighted by Crippen LogP contribution is 2.17. The van der Waals surface area contributed by atoms with E-state index in [4.69, 9.17) is 10.6 Å². The van der Waals surface area contributed by atoms with E-state index in [2.05, 4.69) is 21.9 Å². The zero-order valence-electron chi connectivity index (χ0n) is 7.51. The van der Waals surface area contributed by atoms with Crippen molar-refractivity contribution < 1.29 is 5.11 Å². The lowest BCUT2D eigenvalue weighted by Crippen LogP contribution is -1.78. The zero-order chi connectivity index (χ0) is 10.2. The molecule has 0 amide bonds. The fourth-order valence-electron chi connectivity index (χ4n) is 0.928. The molecule has 1 rings (SSSR count). The Morgan fingerprint density at radius 2 is 2.21 bits per heavy atom. The summed E-state index contributed by atoms with van der Waals surface area (Å²) in [5.74, 6) is 5.59. The molecule has 0 radical (unpaired) electrons. The van der Waals surface area contributed by atoms with Crippen LogP contribution in [0.5, 0.6) is 0 Å². The number of benzene rings is 1. The molecule has 0 atom stereocenters. The van der Waals surface area contributed by atoms with Gasteiger partial charge >= 0.3 is 0 Å². The van der Waals surface area contributed by atoms with Gasteiger partial charge in [-0.05, 0) is 11.6 Å². The van der Waals surface area contributed by atoms with E-state index in [9.17, 15) is 0 Å². The maximum atomic E-state index is 8.53. The standard InChI is InChI=1S/C10H9N3O/c11-13-12-10-7-2-1-5-9(10)6-3-4-8-14/h1-2,5,7,14H,4,8H2. The van der Waals surface area contributed by atoms with Gasteiger partial charge in [-0.15, -0.1) is 0 Å². The molecular formula is C10H9N3O. The summed E-state index contributed by atoms with van der Waals surface area (Å²) < 4.78 is 0. The Bertz CT molecular complexity index is 411. The Balaban J connectivity index is 2.97. The van der Waals surface area contributed by atoms with Gasteiger partial charge in [-0.2, -0.15) is 0 Å². The third-order valence-corrected chi connectivity index (χ3v) is 1.52. The molecule has 0 heterocycles. The molecule has 0 aliphatic rings. The van der Waals surface area contributed by atoms with Crippen LogP contribution in [0.4, 0.5) is 5.69 Å². The highest BCUT2D eigenvalue weighted by molar-refractivity contribution is 5.54. The van der Waals surface area contributed by atoms with E-state index in [1.165, 1.54) is 0 Å². The van der Waals surface area contributed by atoms with Gasteiger partial charge in [-0.25, -0.2) is 0 Å². The SMILES string of the molecule is [N-]=[N+]=Nc1ccccc1C#CCCO. The molecule has 0 bridgehead atoms. The molecule has 0 spiro atoms. The van der Waals surface area contributed by atoms with Gasteiger partial charge in [-0.1, -0.05) is 35.2 Å². The second kappa shape index (κ2) is 5.65. The minimum absolute atomic E-state index is 0.0384. The van der Waals surface area contributed by atoms with Crippen LogP contribution in [0.2, 0.25) is 0 Å². The number of nitrogens with zero attached hydrogens (tertiary/aromatic N) is 3. The Labute approximate surface area is 81.8 Å². The molecule has 1 aromatic rings. The molecule has 1 aromatic carbocycles. The Kier molecular flexibility index (Phi) is 4.09. The monoisotopic (exact) mass is 187 g/mol. The fraction of sp³-hybridized carbons (Fsp3) is 0.200. The van der Waals surface area contributed by atoms with Crippen LogP contribution in [-0.2, 0) is 0 Å². The van der Waals surface area contributed by atoms with Crippen molar-refractivity contribution in [3.8, 4) is 11.8 Å². The molecule has 4 nitrogen and oxygen atoms in total. The Morgan fingerprint density at radius 3 is 2.93 bits per heavy atom. The summed E-state index contributed by atoms with van der Waals surface area (Å²) in [5.41, 5.74) is 9.48. The second-order valence-corrected chi connectivity index (χ2v) is 2.48. The van der Waals surface area contributed by atoms with Crippen molar-refractivity contribution >= 4 is 5.69 Å². The maximum Gasteiger partial charge on any atom is 0.0540 e. The van der Waals surface area contributed by atoms with Crippen molar-refractivity contribution in [1.82, 2.24) is 0 Å². The minimum atomic E-state index is 0.0384. The summed E-state index contributed by atoms with van der Waals surface area (Å²) in [6.45, 7) is 0.0384. The van der Waals surface area contributed by atoms with Gasteiger partial charge in [0.15, 0.2) is 0 Å². The van der Waals surface area contributed by atoms with Crippen molar-refractivity contribution in [1.29, 1.82) is 0 Å². The van der Waals surface area contributed by atoms with Crippen molar-refractivity contribution in [2.75, 3.05) is 6.61 Å². The summed E-state index contributed by atoms with van der Waals surface area (Å²) >= 11 is 0. The van der Waals surface area contributed by atoms with Crippen LogP contribution in [0.25, 0.3) is 10.4 Å². The van der Waals surface area contributed by atoms with E-state index in [0.717, 1.165) is 0 Å². The Hall–Kier alpha value is -1.95. The van der Waals surface area contributed by atoms with Crippen molar-refractivity contribution in [3.63, 3.8) is 0 Å². The van der Waals surface area contributed by atoms with Crippen molar-refractivity contribution in [2.45, 2.75) is 6.42 Å². The quantitative estimate of drug-likeness (QED) is 0.328. The Morgan fingerprint density at radius 1 is 1.43 bits per heavy atom. The van der Waals surface area contributed by atoms with Crippen LogP contribution < -0.4 is 0 Å². The largest absolute Gasteiger partial charge is 0.395 e. The molecule has 0 aliphatic carbocycles. The third-order valence-electron chi connectivity index (χ3n) is 1.52. The van der Waals surface area contributed by atoms with Gasteiger partial charge < -0.3 is 5.11 Å². The van der Waals surface area contributed by atoms with Gasteiger partial charge in [0.05, 0.1) is 12.3 Å². The molecule has 0 aliphatic heterocycles. The van der Waals surface area contributed by atoms with Crippen molar-refractivity contribution in [2.24, 2.45) is 5.11 Å².